The molecular formula is C7H14N2O4. The van der Waals surface area contributed by atoms with Gasteiger partial charge >= 0.3 is 5.97 Å². The van der Waals surface area contributed by atoms with Gasteiger partial charge in [-0.25, -0.2) is 4.79 Å². The molecule has 0 aliphatic heterocycles. The second-order valence-electron chi connectivity index (χ2n) is 2.85. The standard InChI is InChI=1S/C7H14N2O4/c1-3(8)6(11)9-5(4(2)10)7(12)13/h3-5,10H,8H2,1-2H3,(H,9,11)(H,12,13)/t3-,4-,5+/m1/s1. The van der Waals surface area contributed by atoms with Gasteiger partial charge in [0.25, 0.3) is 0 Å². The van der Waals surface area contributed by atoms with Gasteiger partial charge in [-0.3, -0.25) is 4.79 Å². The maximum Gasteiger partial charge on any atom is 0.328 e. The Hall–Kier alpha value is -1.14. The lowest BCUT2D eigenvalue weighted by Crippen LogP contribution is -2.51. The predicted octanol–water partition coefficient (Wildman–Crippen LogP) is -1.72. The van der Waals surface area contributed by atoms with E-state index in [0.29, 0.717) is 0 Å². The highest BCUT2D eigenvalue weighted by molar-refractivity contribution is 5.86. The van der Waals surface area contributed by atoms with Crippen LogP contribution in [0.4, 0.5) is 0 Å². The van der Waals surface area contributed by atoms with Crippen LogP contribution in [0.5, 0.6) is 0 Å². The minimum absolute atomic E-state index is 0.603. The number of amides is 1. The van der Waals surface area contributed by atoms with Gasteiger partial charge in [0.15, 0.2) is 6.04 Å². The monoisotopic (exact) mass is 190 g/mol. The van der Waals surface area contributed by atoms with Gasteiger partial charge in [-0.1, -0.05) is 0 Å². The number of aliphatic carboxylic acids is 1. The molecule has 0 aromatic carbocycles. The Morgan fingerprint density at radius 3 is 2.08 bits per heavy atom. The maximum absolute atomic E-state index is 11.0. The van der Waals surface area contributed by atoms with Crippen LogP contribution in [0, 0.1) is 0 Å². The number of aliphatic hydroxyl groups is 1. The van der Waals surface area contributed by atoms with Crippen LogP contribution in [-0.4, -0.2) is 40.3 Å². The molecule has 0 bridgehead atoms. The summed E-state index contributed by atoms with van der Waals surface area (Å²) in [4.78, 5) is 21.4. The molecule has 0 aromatic heterocycles. The van der Waals surface area contributed by atoms with Gasteiger partial charge in [-0.05, 0) is 13.8 Å². The number of nitrogens with two attached hydrogens (primary N) is 1. The summed E-state index contributed by atoms with van der Waals surface area (Å²) in [5.41, 5.74) is 5.20. The Balaban J connectivity index is 4.27. The zero-order valence-electron chi connectivity index (χ0n) is 7.52. The van der Waals surface area contributed by atoms with Gasteiger partial charge in [0.05, 0.1) is 12.1 Å². The normalized spacial score (nSPS) is 17.2. The molecule has 0 heterocycles. The summed E-state index contributed by atoms with van der Waals surface area (Å²) >= 11 is 0. The largest absolute Gasteiger partial charge is 0.480 e. The first-order valence-electron chi connectivity index (χ1n) is 3.83. The van der Waals surface area contributed by atoms with E-state index in [1.54, 1.807) is 0 Å². The van der Waals surface area contributed by atoms with Crippen molar-refractivity contribution in [3.05, 3.63) is 0 Å². The molecule has 0 saturated carbocycles. The molecule has 13 heavy (non-hydrogen) atoms. The van der Waals surface area contributed by atoms with Crippen LogP contribution in [0.2, 0.25) is 0 Å². The highest BCUT2D eigenvalue weighted by Crippen LogP contribution is 1.93. The van der Waals surface area contributed by atoms with Crippen molar-refractivity contribution in [2.75, 3.05) is 0 Å². The number of aliphatic hydroxyl groups excluding tert-OH is 1. The molecule has 0 aliphatic rings. The average Bonchev–Trinajstić information content (AvgIpc) is 1.97. The number of carboxylic acid groups (broad SMARTS) is 1. The summed E-state index contributed by atoms with van der Waals surface area (Å²) in [5, 5.41) is 19.6. The van der Waals surface area contributed by atoms with Crippen molar-refractivity contribution in [2.45, 2.75) is 32.0 Å². The average molecular weight is 190 g/mol. The Bertz CT molecular complexity index is 203. The topological polar surface area (TPSA) is 113 Å². The summed E-state index contributed by atoms with van der Waals surface area (Å²) in [5.74, 6) is -1.89. The quantitative estimate of drug-likeness (QED) is 0.421. The molecule has 1 amide bonds. The lowest BCUT2D eigenvalue weighted by molar-refractivity contribution is -0.144. The number of rotatable bonds is 4. The minimum Gasteiger partial charge on any atom is -0.480 e. The van der Waals surface area contributed by atoms with Crippen molar-refractivity contribution in [2.24, 2.45) is 5.73 Å². The molecule has 0 rings (SSSR count). The van der Waals surface area contributed by atoms with Crippen molar-refractivity contribution in [3.8, 4) is 0 Å². The van der Waals surface area contributed by atoms with Crippen LogP contribution < -0.4 is 11.1 Å². The SMILES string of the molecule is C[C@@H](N)C(=O)N[C@H](C(=O)O)[C@@H](C)O. The number of carboxylic acids is 1. The van der Waals surface area contributed by atoms with Crippen molar-refractivity contribution in [1.29, 1.82) is 0 Å². The fraction of sp³-hybridized carbons (Fsp3) is 0.714. The summed E-state index contributed by atoms with van der Waals surface area (Å²) in [6.45, 7) is 2.70. The van der Waals surface area contributed by atoms with E-state index in [9.17, 15) is 9.59 Å². The van der Waals surface area contributed by atoms with Crippen molar-refractivity contribution in [1.82, 2.24) is 5.32 Å². The highest BCUT2D eigenvalue weighted by atomic mass is 16.4. The van der Waals surface area contributed by atoms with Crippen LogP contribution in [0.3, 0.4) is 0 Å². The van der Waals surface area contributed by atoms with Crippen LogP contribution in [0.15, 0.2) is 0 Å². The number of hydrogen-bond acceptors (Lipinski definition) is 4. The predicted molar refractivity (Wildman–Crippen MR) is 44.9 cm³/mol. The van der Waals surface area contributed by atoms with Crippen LogP contribution in [0.25, 0.3) is 0 Å². The number of carbonyl (C=O) groups excluding carboxylic acids is 1. The third kappa shape index (κ3) is 3.86. The Kier molecular flexibility index (Phi) is 4.36. The molecule has 0 radical (unpaired) electrons. The molecular weight excluding hydrogens is 176 g/mol. The molecule has 0 fully saturated rings. The fourth-order valence-corrected chi connectivity index (χ4v) is 0.673. The van der Waals surface area contributed by atoms with Gasteiger partial charge < -0.3 is 21.3 Å². The van der Waals surface area contributed by atoms with Crippen LogP contribution in [0.1, 0.15) is 13.8 Å². The third-order valence-corrected chi connectivity index (χ3v) is 1.46. The van der Waals surface area contributed by atoms with E-state index in [-0.39, 0.29) is 0 Å². The molecule has 0 spiro atoms. The Morgan fingerprint density at radius 2 is 1.85 bits per heavy atom. The molecule has 76 valence electrons. The Morgan fingerprint density at radius 1 is 1.38 bits per heavy atom. The van der Waals surface area contributed by atoms with Gasteiger partial charge in [0, 0.05) is 0 Å². The molecule has 0 aromatic rings. The molecule has 0 aliphatic carbocycles. The first kappa shape index (κ1) is 11.9. The summed E-state index contributed by atoms with van der Waals surface area (Å²) in [6, 6.07) is -2.10. The number of carbonyl (C=O) groups is 2. The lowest BCUT2D eigenvalue weighted by Gasteiger charge is -2.17. The van der Waals surface area contributed by atoms with Gasteiger partial charge in [-0.2, -0.15) is 0 Å². The van der Waals surface area contributed by atoms with E-state index in [2.05, 4.69) is 5.32 Å². The van der Waals surface area contributed by atoms with Crippen molar-refractivity contribution >= 4 is 11.9 Å². The third-order valence-electron chi connectivity index (χ3n) is 1.46. The smallest absolute Gasteiger partial charge is 0.328 e. The van der Waals surface area contributed by atoms with Gasteiger partial charge in [-0.15, -0.1) is 0 Å². The van der Waals surface area contributed by atoms with E-state index in [0.717, 1.165) is 0 Å². The number of nitrogens with one attached hydrogen (secondary N) is 1. The minimum atomic E-state index is -1.31. The number of hydrogen-bond donors (Lipinski definition) is 4. The summed E-state index contributed by atoms with van der Waals surface area (Å²) in [6.07, 6.45) is -1.15. The molecule has 0 unspecified atom stereocenters. The molecule has 6 heteroatoms. The molecule has 3 atom stereocenters. The zero-order valence-corrected chi connectivity index (χ0v) is 7.52. The molecule has 5 N–H and O–H groups in total. The molecule has 0 saturated heterocycles. The zero-order chi connectivity index (χ0) is 10.6. The summed E-state index contributed by atoms with van der Waals surface area (Å²) < 4.78 is 0. The maximum atomic E-state index is 11.0. The van der Waals surface area contributed by atoms with E-state index in [1.165, 1.54) is 13.8 Å². The van der Waals surface area contributed by atoms with Gasteiger partial charge in [0.2, 0.25) is 5.91 Å². The first-order valence-corrected chi connectivity index (χ1v) is 3.83. The Labute approximate surface area is 75.7 Å². The first-order chi connectivity index (χ1) is 5.86. The van der Waals surface area contributed by atoms with Crippen LogP contribution >= 0.6 is 0 Å². The van der Waals surface area contributed by atoms with E-state index < -0.39 is 30.1 Å². The highest BCUT2D eigenvalue weighted by Gasteiger charge is 2.25. The second kappa shape index (κ2) is 4.78. The van der Waals surface area contributed by atoms with Gasteiger partial charge in [0.1, 0.15) is 0 Å². The second-order valence-corrected chi connectivity index (χ2v) is 2.85. The van der Waals surface area contributed by atoms with E-state index in [4.69, 9.17) is 15.9 Å². The summed E-state index contributed by atoms with van der Waals surface area (Å²) in [7, 11) is 0. The van der Waals surface area contributed by atoms with Crippen molar-refractivity contribution in [3.63, 3.8) is 0 Å². The fourth-order valence-electron chi connectivity index (χ4n) is 0.673. The molecule has 6 nitrogen and oxygen atoms in total. The van der Waals surface area contributed by atoms with Crippen molar-refractivity contribution < 1.29 is 19.8 Å². The van der Waals surface area contributed by atoms with E-state index >= 15 is 0 Å². The lowest BCUT2D eigenvalue weighted by atomic mass is 10.1. The van der Waals surface area contributed by atoms with Crippen LogP contribution in [-0.2, 0) is 9.59 Å². The van der Waals surface area contributed by atoms with E-state index in [1.807, 2.05) is 0 Å².